The molecular formula is C34H31BrN4O5. The van der Waals surface area contributed by atoms with Gasteiger partial charge >= 0.3 is 5.97 Å². The van der Waals surface area contributed by atoms with Crippen LogP contribution < -0.4 is 25.1 Å². The number of hydrogen-bond donors (Lipinski definition) is 2. The maximum absolute atomic E-state index is 13.2. The van der Waals surface area contributed by atoms with Crippen LogP contribution in [-0.4, -0.2) is 44.7 Å². The molecule has 4 aromatic carbocycles. The van der Waals surface area contributed by atoms with Gasteiger partial charge in [0.2, 0.25) is 0 Å². The van der Waals surface area contributed by atoms with Crippen molar-refractivity contribution in [3.05, 3.63) is 129 Å². The van der Waals surface area contributed by atoms with Gasteiger partial charge in [0.05, 0.1) is 18.4 Å². The van der Waals surface area contributed by atoms with E-state index in [0.717, 1.165) is 10.2 Å². The maximum Gasteiger partial charge on any atom is 0.343 e. The first-order valence-corrected chi connectivity index (χ1v) is 14.5. The molecule has 224 valence electrons. The van der Waals surface area contributed by atoms with E-state index in [-0.39, 0.29) is 11.4 Å². The topological polar surface area (TPSA) is 109 Å². The van der Waals surface area contributed by atoms with E-state index < -0.39 is 17.8 Å². The van der Waals surface area contributed by atoms with E-state index >= 15 is 0 Å². The molecule has 0 heterocycles. The lowest BCUT2D eigenvalue weighted by molar-refractivity contribution is -0.117. The summed E-state index contributed by atoms with van der Waals surface area (Å²) in [7, 11) is 3.87. The van der Waals surface area contributed by atoms with Crippen LogP contribution >= 0.6 is 15.9 Å². The molecule has 0 aromatic heterocycles. The molecule has 0 bridgehead atoms. The largest absolute Gasteiger partial charge is 0.490 e. The number of nitrogens with zero attached hydrogens (tertiary/aromatic N) is 2. The highest BCUT2D eigenvalue weighted by atomic mass is 79.9. The summed E-state index contributed by atoms with van der Waals surface area (Å²) < 4.78 is 12.1. The second-order valence-corrected chi connectivity index (χ2v) is 10.5. The van der Waals surface area contributed by atoms with E-state index in [1.54, 1.807) is 78.9 Å². The minimum absolute atomic E-state index is 0.0128. The van der Waals surface area contributed by atoms with Crippen LogP contribution in [0.15, 0.2) is 112 Å². The van der Waals surface area contributed by atoms with E-state index in [0.29, 0.717) is 34.6 Å². The fourth-order valence-electron chi connectivity index (χ4n) is 3.91. The standard InChI is InChI=1S/C34H31BrN4O5/c1-4-43-31-21-24(12-19-30(31)44-34(42)26-13-15-27(35)16-14-26)22-36-38-33(41)29(37-32(40)25-8-6-5-7-9-25)20-23-10-17-28(18-11-23)39(2)3/h5-22H,4H2,1-3H3,(H,37,40)(H,38,41)/b29-20+,36-22-. The molecule has 0 aliphatic heterocycles. The van der Waals surface area contributed by atoms with Crippen molar-refractivity contribution >= 4 is 51.7 Å². The molecule has 9 nitrogen and oxygen atoms in total. The lowest BCUT2D eigenvalue weighted by Gasteiger charge is -2.13. The van der Waals surface area contributed by atoms with Gasteiger partial charge in [-0.2, -0.15) is 5.10 Å². The van der Waals surface area contributed by atoms with Gasteiger partial charge in [0, 0.05) is 29.8 Å². The Morgan fingerprint density at radius 3 is 2.18 bits per heavy atom. The van der Waals surface area contributed by atoms with Crippen LogP contribution in [0.2, 0.25) is 0 Å². The van der Waals surface area contributed by atoms with Crippen molar-refractivity contribution in [2.75, 3.05) is 25.6 Å². The molecule has 0 aliphatic carbocycles. The Bertz CT molecular complexity index is 1670. The predicted octanol–water partition coefficient (Wildman–Crippen LogP) is 6.05. The molecule has 0 spiro atoms. The molecular weight excluding hydrogens is 624 g/mol. The number of esters is 1. The molecule has 0 atom stereocenters. The van der Waals surface area contributed by atoms with Crippen LogP contribution in [0, 0.1) is 0 Å². The number of hydrazone groups is 1. The SMILES string of the molecule is CCOc1cc(/C=N\NC(=O)/C(=C\c2ccc(N(C)C)cc2)NC(=O)c2ccccc2)ccc1OC(=O)c1ccc(Br)cc1. The van der Waals surface area contributed by atoms with Crippen molar-refractivity contribution in [2.24, 2.45) is 5.10 Å². The third kappa shape index (κ3) is 8.89. The zero-order chi connectivity index (χ0) is 31.5. The quantitative estimate of drug-likeness (QED) is 0.0670. The average Bonchev–Trinajstić information content (AvgIpc) is 3.03. The molecule has 0 radical (unpaired) electrons. The van der Waals surface area contributed by atoms with Crippen LogP contribution in [0.4, 0.5) is 5.69 Å². The van der Waals surface area contributed by atoms with E-state index in [1.807, 2.05) is 50.2 Å². The third-order valence-corrected chi connectivity index (χ3v) is 6.71. The molecule has 0 saturated heterocycles. The summed E-state index contributed by atoms with van der Waals surface area (Å²) in [6.07, 6.45) is 3.00. The zero-order valence-corrected chi connectivity index (χ0v) is 26.0. The number of amides is 2. The Hall–Kier alpha value is -5.22. The predicted molar refractivity (Wildman–Crippen MR) is 175 cm³/mol. The number of carbonyl (C=O) groups is 3. The maximum atomic E-state index is 13.2. The van der Waals surface area contributed by atoms with Crippen LogP contribution in [0.5, 0.6) is 11.5 Å². The van der Waals surface area contributed by atoms with Crippen molar-refractivity contribution in [1.82, 2.24) is 10.7 Å². The summed E-state index contributed by atoms with van der Waals surface area (Å²) in [4.78, 5) is 40.6. The highest BCUT2D eigenvalue weighted by Gasteiger charge is 2.16. The van der Waals surface area contributed by atoms with Gasteiger partial charge in [-0.3, -0.25) is 9.59 Å². The van der Waals surface area contributed by atoms with E-state index in [1.165, 1.54) is 6.21 Å². The fraction of sp³-hybridized carbons (Fsp3) is 0.118. The third-order valence-electron chi connectivity index (χ3n) is 6.18. The van der Waals surface area contributed by atoms with E-state index in [9.17, 15) is 14.4 Å². The summed E-state index contributed by atoms with van der Waals surface area (Å²) >= 11 is 3.35. The van der Waals surface area contributed by atoms with E-state index in [2.05, 4.69) is 31.8 Å². The molecule has 2 amide bonds. The zero-order valence-electron chi connectivity index (χ0n) is 24.4. The van der Waals surface area contributed by atoms with Crippen LogP contribution in [0.1, 0.15) is 38.8 Å². The van der Waals surface area contributed by atoms with Crippen LogP contribution in [-0.2, 0) is 4.79 Å². The van der Waals surface area contributed by atoms with Gasteiger partial charge in [-0.15, -0.1) is 0 Å². The smallest absolute Gasteiger partial charge is 0.343 e. The Kier molecular flexibility index (Phi) is 11.0. The normalized spacial score (nSPS) is 11.1. The van der Waals surface area contributed by atoms with Gasteiger partial charge in [-0.25, -0.2) is 10.2 Å². The highest BCUT2D eigenvalue weighted by Crippen LogP contribution is 2.29. The van der Waals surface area contributed by atoms with Crippen LogP contribution in [0.3, 0.4) is 0 Å². The van der Waals surface area contributed by atoms with Crippen molar-refractivity contribution in [3.63, 3.8) is 0 Å². The number of halogens is 1. The molecule has 2 N–H and O–H groups in total. The minimum Gasteiger partial charge on any atom is -0.490 e. The van der Waals surface area contributed by atoms with E-state index in [4.69, 9.17) is 9.47 Å². The van der Waals surface area contributed by atoms with Gasteiger partial charge in [-0.05, 0) is 90.9 Å². The summed E-state index contributed by atoms with van der Waals surface area (Å²) in [5.41, 5.74) is 5.57. The number of nitrogens with one attached hydrogen (secondary N) is 2. The molecule has 0 unspecified atom stereocenters. The van der Waals surface area contributed by atoms with Gasteiger partial charge in [0.1, 0.15) is 5.70 Å². The highest BCUT2D eigenvalue weighted by molar-refractivity contribution is 9.10. The Morgan fingerprint density at radius 1 is 0.841 bits per heavy atom. The Morgan fingerprint density at radius 2 is 1.52 bits per heavy atom. The number of rotatable bonds is 11. The lowest BCUT2D eigenvalue weighted by atomic mass is 10.1. The number of hydrogen-bond acceptors (Lipinski definition) is 7. The van der Waals surface area contributed by atoms with Crippen molar-refractivity contribution in [2.45, 2.75) is 6.92 Å². The second kappa shape index (κ2) is 15.3. The molecule has 44 heavy (non-hydrogen) atoms. The Balaban J connectivity index is 1.50. The first kappa shape index (κ1) is 31.7. The number of anilines is 1. The first-order chi connectivity index (χ1) is 21.2. The molecule has 0 saturated carbocycles. The van der Waals surface area contributed by atoms with Gasteiger partial charge in [0.15, 0.2) is 11.5 Å². The monoisotopic (exact) mass is 654 g/mol. The van der Waals surface area contributed by atoms with Crippen molar-refractivity contribution in [3.8, 4) is 11.5 Å². The van der Waals surface area contributed by atoms with Crippen molar-refractivity contribution in [1.29, 1.82) is 0 Å². The summed E-state index contributed by atoms with van der Waals surface area (Å²) in [5, 5.41) is 6.77. The molecule has 4 aromatic rings. The number of ether oxygens (including phenoxy) is 2. The van der Waals surface area contributed by atoms with Gasteiger partial charge in [-0.1, -0.05) is 46.3 Å². The molecule has 0 fully saturated rings. The number of benzene rings is 4. The lowest BCUT2D eigenvalue weighted by Crippen LogP contribution is -2.32. The molecule has 4 rings (SSSR count). The fourth-order valence-corrected chi connectivity index (χ4v) is 4.17. The molecule has 10 heteroatoms. The first-order valence-electron chi connectivity index (χ1n) is 13.7. The summed E-state index contributed by atoms with van der Waals surface area (Å²) in [5.74, 6) is -0.997. The van der Waals surface area contributed by atoms with Crippen molar-refractivity contribution < 1.29 is 23.9 Å². The second-order valence-electron chi connectivity index (χ2n) is 9.60. The Labute approximate surface area is 264 Å². The average molecular weight is 656 g/mol. The summed E-state index contributed by atoms with van der Waals surface area (Å²) in [6.45, 7) is 2.15. The van der Waals surface area contributed by atoms with Crippen LogP contribution in [0.25, 0.3) is 6.08 Å². The minimum atomic E-state index is -0.618. The van der Waals surface area contributed by atoms with Gasteiger partial charge in [0.25, 0.3) is 11.8 Å². The van der Waals surface area contributed by atoms with Gasteiger partial charge < -0.3 is 19.7 Å². The molecule has 0 aliphatic rings. The number of carbonyl (C=O) groups excluding carboxylic acids is 3. The summed E-state index contributed by atoms with van der Waals surface area (Å²) in [6, 6.07) is 27.8.